The minimum Gasteiger partial charge on any atom is -0.467 e. The number of ether oxygens (including phenoxy) is 1. The van der Waals surface area contributed by atoms with Crippen LogP contribution in [0.4, 0.5) is 0 Å². The summed E-state index contributed by atoms with van der Waals surface area (Å²) >= 11 is 0. The first kappa shape index (κ1) is 18.7. The second kappa shape index (κ2) is 7.48. The van der Waals surface area contributed by atoms with Crippen LogP contribution >= 0.6 is 0 Å². The average Bonchev–Trinajstić information content (AvgIpc) is 3.46. The molecule has 0 radical (unpaired) electrons. The van der Waals surface area contributed by atoms with E-state index >= 15 is 0 Å². The molecule has 1 amide bonds. The standard InChI is InChI=1S/C23H21NO6/c25-21-9-16(11-24(21)12-18-5-2-6-28-18)23(27)29-13-17-10-22(26)30-20-8-15-4-1-3-14(15)7-19(17)20/h2,5-8,10,16H,1,3-4,9,11-13H2/t16-/m1/s1. The van der Waals surface area contributed by atoms with E-state index in [1.165, 1.54) is 17.2 Å². The Hall–Kier alpha value is -3.35. The Balaban J connectivity index is 1.29. The highest BCUT2D eigenvalue weighted by molar-refractivity contribution is 5.87. The van der Waals surface area contributed by atoms with Crippen molar-refractivity contribution in [2.75, 3.05) is 6.54 Å². The highest BCUT2D eigenvalue weighted by Gasteiger charge is 2.35. The summed E-state index contributed by atoms with van der Waals surface area (Å²) in [6.45, 7) is 0.608. The molecule has 1 fully saturated rings. The van der Waals surface area contributed by atoms with E-state index in [-0.39, 0.29) is 18.9 Å². The van der Waals surface area contributed by atoms with Crippen LogP contribution in [0.25, 0.3) is 11.0 Å². The van der Waals surface area contributed by atoms with E-state index in [4.69, 9.17) is 13.6 Å². The van der Waals surface area contributed by atoms with Gasteiger partial charge in [0.2, 0.25) is 5.91 Å². The van der Waals surface area contributed by atoms with Gasteiger partial charge in [-0.1, -0.05) is 0 Å². The van der Waals surface area contributed by atoms with Gasteiger partial charge in [0.15, 0.2) is 0 Å². The number of carbonyl (C=O) groups is 2. The molecule has 0 bridgehead atoms. The molecule has 2 aliphatic rings. The number of likely N-dealkylation sites (tertiary alicyclic amines) is 1. The van der Waals surface area contributed by atoms with Crippen molar-refractivity contribution in [3.05, 3.63) is 69.5 Å². The van der Waals surface area contributed by atoms with E-state index in [0.717, 1.165) is 24.6 Å². The van der Waals surface area contributed by atoms with Crippen LogP contribution in [0.2, 0.25) is 0 Å². The van der Waals surface area contributed by atoms with Gasteiger partial charge in [-0.3, -0.25) is 9.59 Å². The molecule has 154 valence electrons. The predicted molar refractivity (Wildman–Crippen MR) is 107 cm³/mol. The first-order chi connectivity index (χ1) is 14.6. The van der Waals surface area contributed by atoms with Crippen LogP contribution in [0.1, 0.15) is 35.3 Å². The van der Waals surface area contributed by atoms with E-state index < -0.39 is 17.5 Å². The number of nitrogens with zero attached hydrogens (tertiary/aromatic N) is 1. The largest absolute Gasteiger partial charge is 0.467 e. The Morgan fingerprint density at radius 1 is 1.17 bits per heavy atom. The van der Waals surface area contributed by atoms with Crippen LogP contribution in [-0.4, -0.2) is 23.3 Å². The molecule has 1 saturated heterocycles. The fourth-order valence-corrected chi connectivity index (χ4v) is 4.35. The molecule has 7 heteroatoms. The molecule has 1 aromatic carbocycles. The summed E-state index contributed by atoms with van der Waals surface area (Å²) in [4.78, 5) is 38.4. The molecule has 1 aliphatic carbocycles. The van der Waals surface area contributed by atoms with Gasteiger partial charge in [-0.05, 0) is 54.7 Å². The van der Waals surface area contributed by atoms with E-state index in [9.17, 15) is 14.4 Å². The second-order valence-electron chi connectivity index (χ2n) is 7.92. The van der Waals surface area contributed by atoms with Crippen LogP contribution in [0, 0.1) is 5.92 Å². The fourth-order valence-electron chi connectivity index (χ4n) is 4.35. The maximum atomic E-state index is 12.6. The highest BCUT2D eigenvalue weighted by Crippen LogP contribution is 2.29. The first-order valence-corrected chi connectivity index (χ1v) is 10.1. The number of aryl methyl sites for hydroxylation is 2. The van der Waals surface area contributed by atoms with Crippen molar-refractivity contribution in [3.63, 3.8) is 0 Å². The van der Waals surface area contributed by atoms with Crippen molar-refractivity contribution in [2.45, 2.75) is 38.8 Å². The fraction of sp³-hybridized carbons (Fsp3) is 0.348. The number of hydrogen-bond donors (Lipinski definition) is 0. The molecule has 3 heterocycles. The van der Waals surface area contributed by atoms with Gasteiger partial charge >= 0.3 is 11.6 Å². The number of benzene rings is 1. The Morgan fingerprint density at radius 3 is 2.80 bits per heavy atom. The van der Waals surface area contributed by atoms with E-state index in [0.29, 0.717) is 30.0 Å². The lowest BCUT2D eigenvalue weighted by atomic mass is 10.0. The third kappa shape index (κ3) is 3.51. The Morgan fingerprint density at radius 2 is 2.00 bits per heavy atom. The second-order valence-corrected chi connectivity index (χ2v) is 7.92. The summed E-state index contributed by atoms with van der Waals surface area (Å²) in [6.07, 6.45) is 4.74. The Labute approximate surface area is 172 Å². The zero-order valence-electron chi connectivity index (χ0n) is 16.4. The molecule has 0 N–H and O–H groups in total. The van der Waals surface area contributed by atoms with Gasteiger partial charge in [-0.2, -0.15) is 0 Å². The van der Waals surface area contributed by atoms with Crippen molar-refractivity contribution >= 4 is 22.8 Å². The van der Waals surface area contributed by atoms with Gasteiger partial charge in [-0.25, -0.2) is 4.79 Å². The number of fused-ring (bicyclic) bond motifs is 2. The van der Waals surface area contributed by atoms with Gasteiger partial charge in [0.25, 0.3) is 0 Å². The monoisotopic (exact) mass is 407 g/mol. The number of hydrogen-bond acceptors (Lipinski definition) is 6. The number of carbonyl (C=O) groups excluding carboxylic acids is 2. The van der Waals surface area contributed by atoms with Gasteiger partial charge in [0, 0.05) is 30.0 Å². The number of amides is 1. The summed E-state index contributed by atoms with van der Waals surface area (Å²) in [6, 6.07) is 8.89. The predicted octanol–water partition coefficient (Wildman–Crippen LogP) is 2.97. The van der Waals surface area contributed by atoms with Crippen molar-refractivity contribution in [2.24, 2.45) is 5.92 Å². The maximum absolute atomic E-state index is 12.6. The zero-order chi connectivity index (χ0) is 20.7. The summed E-state index contributed by atoms with van der Waals surface area (Å²) in [5, 5.41) is 0.796. The zero-order valence-corrected chi connectivity index (χ0v) is 16.4. The Kier molecular flexibility index (Phi) is 4.65. The molecule has 2 aromatic heterocycles. The quantitative estimate of drug-likeness (QED) is 0.477. The highest BCUT2D eigenvalue weighted by atomic mass is 16.5. The topological polar surface area (TPSA) is 90.0 Å². The molecule has 30 heavy (non-hydrogen) atoms. The molecular formula is C23H21NO6. The van der Waals surface area contributed by atoms with Gasteiger partial charge in [0.1, 0.15) is 18.0 Å². The van der Waals surface area contributed by atoms with Crippen LogP contribution in [0.15, 0.2) is 50.2 Å². The molecule has 3 aromatic rings. The lowest BCUT2D eigenvalue weighted by Gasteiger charge is -2.15. The van der Waals surface area contributed by atoms with Crippen LogP contribution in [0.3, 0.4) is 0 Å². The molecule has 7 nitrogen and oxygen atoms in total. The smallest absolute Gasteiger partial charge is 0.336 e. The molecular weight excluding hydrogens is 386 g/mol. The summed E-state index contributed by atoms with van der Waals surface area (Å²) in [7, 11) is 0. The molecule has 1 aliphatic heterocycles. The van der Waals surface area contributed by atoms with Crippen molar-refractivity contribution < 1.29 is 23.2 Å². The summed E-state index contributed by atoms with van der Waals surface area (Å²) in [5.74, 6) is -0.391. The molecule has 1 atom stereocenters. The van der Waals surface area contributed by atoms with Crippen molar-refractivity contribution in [1.29, 1.82) is 0 Å². The number of furan rings is 1. The molecule has 5 rings (SSSR count). The van der Waals surface area contributed by atoms with Gasteiger partial charge in [0.05, 0.1) is 18.7 Å². The van der Waals surface area contributed by atoms with E-state index in [1.54, 1.807) is 23.3 Å². The Bertz CT molecular complexity index is 1180. The average molecular weight is 407 g/mol. The lowest BCUT2D eigenvalue weighted by Crippen LogP contribution is -2.26. The van der Waals surface area contributed by atoms with E-state index in [2.05, 4.69) is 0 Å². The minimum atomic E-state index is -0.525. The normalized spacial score (nSPS) is 18.2. The molecule has 0 saturated carbocycles. The summed E-state index contributed by atoms with van der Waals surface area (Å²) < 4.78 is 16.1. The van der Waals surface area contributed by atoms with Crippen molar-refractivity contribution in [1.82, 2.24) is 4.90 Å². The number of rotatable bonds is 5. The minimum absolute atomic E-state index is 0.0252. The third-order valence-corrected chi connectivity index (χ3v) is 5.89. The first-order valence-electron chi connectivity index (χ1n) is 10.1. The van der Waals surface area contributed by atoms with Gasteiger partial charge in [-0.15, -0.1) is 0 Å². The molecule has 0 unspecified atom stereocenters. The van der Waals surface area contributed by atoms with Gasteiger partial charge < -0.3 is 18.5 Å². The van der Waals surface area contributed by atoms with Crippen molar-refractivity contribution in [3.8, 4) is 0 Å². The number of esters is 1. The maximum Gasteiger partial charge on any atom is 0.336 e. The van der Waals surface area contributed by atoms with E-state index in [1.807, 2.05) is 12.1 Å². The van der Waals surface area contributed by atoms with Crippen LogP contribution in [-0.2, 0) is 40.3 Å². The lowest BCUT2D eigenvalue weighted by molar-refractivity contribution is -0.149. The molecule has 0 spiro atoms. The summed E-state index contributed by atoms with van der Waals surface area (Å²) in [5.41, 5.74) is 3.14. The SMILES string of the molecule is O=C(OCc1cc(=O)oc2cc3c(cc12)CCC3)[C@@H]1CC(=O)N(Cc2ccco2)C1. The third-order valence-electron chi connectivity index (χ3n) is 5.89. The van der Waals surface area contributed by atoms with Crippen LogP contribution in [0.5, 0.6) is 0 Å². The van der Waals surface area contributed by atoms with Crippen LogP contribution < -0.4 is 5.63 Å².